The lowest BCUT2D eigenvalue weighted by Gasteiger charge is -2.21. The molecular formula is C19H16O4. The van der Waals surface area contributed by atoms with Gasteiger partial charge in [-0.25, -0.2) is 0 Å². The van der Waals surface area contributed by atoms with Crippen molar-refractivity contribution in [3.63, 3.8) is 0 Å². The number of hydrogen-bond acceptors (Lipinski definition) is 4. The quantitative estimate of drug-likeness (QED) is 0.942. The van der Waals surface area contributed by atoms with Crippen molar-refractivity contribution in [1.29, 1.82) is 0 Å². The maximum atomic E-state index is 12.6. The van der Waals surface area contributed by atoms with Crippen molar-refractivity contribution < 1.29 is 19.4 Å². The van der Waals surface area contributed by atoms with Gasteiger partial charge in [0.15, 0.2) is 11.6 Å². The van der Waals surface area contributed by atoms with Crippen molar-refractivity contribution in [1.82, 2.24) is 0 Å². The fourth-order valence-electron chi connectivity index (χ4n) is 2.70. The fourth-order valence-corrected chi connectivity index (χ4v) is 2.70. The van der Waals surface area contributed by atoms with Crippen molar-refractivity contribution >= 4 is 11.6 Å². The number of ketones is 2. The van der Waals surface area contributed by atoms with Crippen molar-refractivity contribution in [2.45, 2.75) is 13.0 Å². The zero-order valence-electron chi connectivity index (χ0n) is 12.7. The van der Waals surface area contributed by atoms with Crippen LogP contribution in [0.4, 0.5) is 0 Å². The summed E-state index contributed by atoms with van der Waals surface area (Å²) in [5, 5.41) is 10.6. The van der Waals surface area contributed by atoms with E-state index in [0.717, 1.165) is 0 Å². The molecule has 0 aromatic heterocycles. The molecule has 0 heterocycles. The number of benzene rings is 2. The smallest absolute Gasteiger partial charge is 0.192 e. The molecule has 2 aromatic carbocycles. The zero-order chi connectivity index (χ0) is 16.4. The molecule has 0 radical (unpaired) electrons. The highest BCUT2D eigenvalue weighted by Crippen LogP contribution is 2.34. The van der Waals surface area contributed by atoms with Crippen LogP contribution < -0.4 is 4.74 Å². The van der Waals surface area contributed by atoms with Crippen LogP contribution in [0.2, 0.25) is 0 Å². The number of carbonyl (C=O) groups excluding carboxylic acids is 2. The average molecular weight is 308 g/mol. The maximum Gasteiger partial charge on any atom is 0.192 e. The Bertz CT molecular complexity index is 805. The third-order valence-corrected chi connectivity index (χ3v) is 3.79. The van der Waals surface area contributed by atoms with Gasteiger partial charge in [0, 0.05) is 22.3 Å². The number of para-hydroxylation sites is 1. The molecule has 0 fully saturated rings. The van der Waals surface area contributed by atoms with Gasteiger partial charge in [-0.3, -0.25) is 9.59 Å². The van der Waals surface area contributed by atoms with E-state index in [4.69, 9.17) is 4.74 Å². The molecule has 0 saturated carbocycles. The summed E-state index contributed by atoms with van der Waals surface area (Å²) < 4.78 is 5.50. The lowest BCUT2D eigenvalue weighted by atomic mass is 9.85. The van der Waals surface area contributed by atoms with Crippen LogP contribution in [-0.2, 0) is 0 Å². The molecule has 4 nitrogen and oxygen atoms in total. The summed E-state index contributed by atoms with van der Waals surface area (Å²) in [5.41, 5.74) is 1.23. The van der Waals surface area contributed by atoms with Crippen LogP contribution in [0, 0.1) is 0 Å². The third-order valence-electron chi connectivity index (χ3n) is 3.79. The monoisotopic (exact) mass is 308 g/mol. The summed E-state index contributed by atoms with van der Waals surface area (Å²) in [6.07, 6.45) is 0.0143. The number of rotatable bonds is 4. The first-order valence-corrected chi connectivity index (χ1v) is 7.43. The first-order chi connectivity index (χ1) is 11.1. The molecule has 0 spiro atoms. The van der Waals surface area contributed by atoms with Crippen LogP contribution >= 0.6 is 0 Å². The Morgan fingerprint density at radius 1 is 1.00 bits per heavy atom. The molecule has 0 amide bonds. The number of ether oxygens (including phenoxy) is 1. The highest BCUT2D eigenvalue weighted by Gasteiger charge is 2.31. The first kappa shape index (κ1) is 15.2. The van der Waals surface area contributed by atoms with Crippen molar-refractivity contribution in [2.75, 3.05) is 6.61 Å². The molecule has 0 aliphatic heterocycles. The second kappa shape index (κ2) is 6.18. The Hall–Kier alpha value is -2.72. The second-order valence-corrected chi connectivity index (χ2v) is 5.21. The van der Waals surface area contributed by atoms with E-state index in [1.165, 1.54) is 6.08 Å². The molecular weight excluding hydrogens is 292 g/mol. The summed E-state index contributed by atoms with van der Waals surface area (Å²) in [7, 11) is 0. The molecule has 23 heavy (non-hydrogen) atoms. The van der Waals surface area contributed by atoms with Crippen molar-refractivity contribution in [3.05, 3.63) is 76.9 Å². The van der Waals surface area contributed by atoms with E-state index in [1.54, 1.807) is 48.5 Å². The minimum atomic E-state index is -1.21. The fraction of sp³-hybridized carbons (Fsp3) is 0.158. The van der Waals surface area contributed by atoms with Gasteiger partial charge in [-0.05, 0) is 19.1 Å². The third kappa shape index (κ3) is 2.69. The molecule has 116 valence electrons. The predicted molar refractivity (Wildman–Crippen MR) is 85.8 cm³/mol. The van der Waals surface area contributed by atoms with Gasteiger partial charge in [0.1, 0.15) is 11.9 Å². The van der Waals surface area contributed by atoms with E-state index in [2.05, 4.69) is 0 Å². The standard InChI is InChI=1S/C19H16O4/c1-2-23-17-10-6-5-9-14(17)19(22)15-11-16(20)12-7-3-4-8-13(12)18(15)21/h3-11,19,22H,2H2,1H3. The Labute approximate surface area is 134 Å². The van der Waals surface area contributed by atoms with Crippen molar-refractivity contribution in [2.24, 2.45) is 0 Å². The van der Waals surface area contributed by atoms with Gasteiger partial charge < -0.3 is 9.84 Å². The molecule has 2 aromatic rings. The van der Waals surface area contributed by atoms with E-state index in [0.29, 0.717) is 29.0 Å². The van der Waals surface area contributed by atoms with Crippen LogP contribution in [0.25, 0.3) is 0 Å². The molecule has 3 rings (SSSR count). The molecule has 1 aliphatic rings. The SMILES string of the molecule is CCOc1ccccc1C(O)C1=CC(=O)c2ccccc2C1=O. The first-order valence-electron chi connectivity index (χ1n) is 7.43. The molecule has 1 N–H and O–H groups in total. The average Bonchev–Trinajstić information content (AvgIpc) is 2.58. The predicted octanol–water partition coefficient (Wildman–Crippen LogP) is 3.12. The Kier molecular flexibility index (Phi) is 4.08. The van der Waals surface area contributed by atoms with Gasteiger partial charge in [-0.1, -0.05) is 42.5 Å². The van der Waals surface area contributed by atoms with Gasteiger partial charge in [0.2, 0.25) is 0 Å². The number of fused-ring (bicyclic) bond motifs is 1. The van der Waals surface area contributed by atoms with Crippen LogP contribution in [0.1, 0.15) is 39.3 Å². The summed E-state index contributed by atoms with van der Waals surface area (Å²) in [6, 6.07) is 13.6. The summed E-state index contributed by atoms with van der Waals surface area (Å²) in [6.45, 7) is 2.28. The lowest BCUT2D eigenvalue weighted by Crippen LogP contribution is -2.21. The van der Waals surface area contributed by atoms with Gasteiger partial charge in [0.05, 0.1) is 6.61 Å². The van der Waals surface area contributed by atoms with Gasteiger partial charge >= 0.3 is 0 Å². The number of allylic oxidation sites excluding steroid dienone is 1. The molecule has 0 bridgehead atoms. The van der Waals surface area contributed by atoms with E-state index in [9.17, 15) is 14.7 Å². The summed E-state index contributed by atoms with van der Waals surface area (Å²) in [4.78, 5) is 24.8. The van der Waals surface area contributed by atoms with Gasteiger partial charge in [0.25, 0.3) is 0 Å². The summed E-state index contributed by atoms with van der Waals surface area (Å²) in [5.74, 6) is -0.107. The zero-order valence-corrected chi connectivity index (χ0v) is 12.7. The van der Waals surface area contributed by atoms with Crippen LogP contribution in [0.15, 0.2) is 60.2 Å². The Morgan fingerprint density at radius 3 is 2.39 bits per heavy atom. The van der Waals surface area contributed by atoms with Crippen molar-refractivity contribution in [3.8, 4) is 5.75 Å². The number of carbonyl (C=O) groups is 2. The number of aliphatic hydroxyl groups is 1. The topological polar surface area (TPSA) is 63.6 Å². The Morgan fingerprint density at radius 2 is 1.65 bits per heavy atom. The lowest BCUT2D eigenvalue weighted by molar-refractivity contribution is 0.0945. The second-order valence-electron chi connectivity index (χ2n) is 5.21. The Balaban J connectivity index is 2.03. The van der Waals surface area contributed by atoms with Gasteiger partial charge in [-0.15, -0.1) is 0 Å². The van der Waals surface area contributed by atoms with Gasteiger partial charge in [-0.2, -0.15) is 0 Å². The van der Waals surface area contributed by atoms with Crippen LogP contribution in [0.5, 0.6) is 5.75 Å². The highest BCUT2D eigenvalue weighted by atomic mass is 16.5. The number of aliphatic hydroxyl groups excluding tert-OH is 1. The van der Waals surface area contributed by atoms with Crippen LogP contribution in [-0.4, -0.2) is 23.3 Å². The number of hydrogen-bond donors (Lipinski definition) is 1. The van der Waals surface area contributed by atoms with E-state index in [1.807, 2.05) is 6.92 Å². The normalized spacial score (nSPS) is 15.0. The van der Waals surface area contributed by atoms with E-state index in [-0.39, 0.29) is 17.1 Å². The van der Waals surface area contributed by atoms with Crippen LogP contribution in [0.3, 0.4) is 0 Å². The molecule has 1 atom stereocenters. The molecule has 0 saturated heterocycles. The highest BCUT2D eigenvalue weighted by molar-refractivity contribution is 6.24. The largest absolute Gasteiger partial charge is 0.493 e. The molecule has 4 heteroatoms. The summed E-state index contributed by atoms with van der Waals surface area (Å²) >= 11 is 0. The minimum Gasteiger partial charge on any atom is -0.493 e. The molecule has 1 unspecified atom stereocenters. The molecule has 1 aliphatic carbocycles. The maximum absolute atomic E-state index is 12.6. The number of Topliss-reactive ketones (excluding diaryl/α,β-unsaturated/α-hetero) is 1. The van der Waals surface area contributed by atoms with E-state index < -0.39 is 6.10 Å². The minimum absolute atomic E-state index is 0.0702. The van der Waals surface area contributed by atoms with E-state index >= 15 is 0 Å².